The van der Waals surface area contributed by atoms with Gasteiger partial charge in [0.25, 0.3) is 5.56 Å². The van der Waals surface area contributed by atoms with Crippen molar-refractivity contribution in [3.05, 3.63) is 39.8 Å². The standard InChI is InChI=1S/C13H18ClN5O/c1-9(2)19-13(20)12(14)10(8-18-19)15-5-3-4-11-16-6-7-17-11/h6-9,15H,3-5H2,1-2H3,(H,16,17). The SMILES string of the molecule is CC(C)n1ncc(NCCCc2ncc[nH]2)c(Cl)c1=O. The number of nitrogens with zero attached hydrogens (tertiary/aromatic N) is 3. The van der Waals surface area contributed by atoms with E-state index in [2.05, 4.69) is 20.4 Å². The van der Waals surface area contributed by atoms with Gasteiger partial charge in [-0.05, 0) is 20.3 Å². The van der Waals surface area contributed by atoms with E-state index in [0.29, 0.717) is 12.2 Å². The van der Waals surface area contributed by atoms with E-state index in [0.717, 1.165) is 18.7 Å². The minimum absolute atomic E-state index is 0.00648. The van der Waals surface area contributed by atoms with Crippen LogP contribution in [0.1, 0.15) is 32.1 Å². The van der Waals surface area contributed by atoms with E-state index >= 15 is 0 Å². The normalized spacial score (nSPS) is 11.0. The predicted molar refractivity (Wildman–Crippen MR) is 79.3 cm³/mol. The zero-order valence-electron chi connectivity index (χ0n) is 11.6. The van der Waals surface area contributed by atoms with Gasteiger partial charge < -0.3 is 10.3 Å². The van der Waals surface area contributed by atoms with Crippen molar-refractivity contribution in [3.8, 4) is 0 Å². The van der Waals surface area contributed by atoms with Crippen LogP contribution in [0, 0.1) is 0 Å². The van der Waals surface area contributed by atoms with E-state index < -0.39 is 0 Å². The smallest absolute Gasteiger partial charge is 0.287 e. The van der Waals surface area contributed by atoms with Crippen molar-refractivity contribution in [2.75, 3.05) is 11.9 Å². The van der Waals surface area contributed by atoms with E-state index in [4.69, 9.17) is 11.6 Å². The summed E-state index contributed by atoms with van der Waals surface area (Å²) < 4.78 is 1.37. The second-order valence-corrected chi connectivity index (χ2v) is 5.16. The zero-order chi connectivity index (χ0) is 14.5. The van der Waals surface area contributed by atoms with Crippen LogP contribution >= 0.6 is 11.6 Å². The molecule has 0 aliphatic rings. The van der Waals surface area contributed by atoms with Gasteiger partial charge in [-0.1, -0.05) is 11.6 Å². The molecule has 0 aromatic carbocycles. The summed E-state index contributed by atoms with van der Waals surface area (Å²) in [5.74, 6) is 0.950. The molecule has 2 aromatic rings. The highest BCUT2D eigenvalue weighted by molar-refractivity contribution is 6.32. The summed E-state index contributed by atoms with van der Waals surface area (Å²) in [6.45, 7) is 4.48. The molecule has 0 fully saturated rings. The van der Waals surface area contributed by atoms with Crippen LogP contribution in [0.3, 0.4) is 0 Å². The molecule has 0 atom stereocenters. The summed E-state index contributed by atoms with van der Waals surface area (Å²) in [5, 5.41) is 7.43. The number of H-pyrrole nitrogens is 1. The van der Waals surface area contributed by atoms with Crippen LogP contribution in [0.2, 0.25) is 5.02 Å². The molecule has 0 saturated carbocycles. The Hall–Kier alpha value is -1.82. The zero-order valence-corrected chi connectivity index (χ0v) is 12.3. The molecule has 2 aromatic heterocycles. The highest BCUT2D eigenvalue weighted by Crippen LogP contribution is 2.16. The Balaban J connectivity index is 1.93. The van der Waals surface area contributed by atoms with Crippen LogP contribution in [0.5, 0.6) is 0 Å². The third kappa shape index (κ3) is 3.39. The Morgan fingerprint density at radius 1 is 1.50 bits per heavy atom. The quantitative estimate of drug-likeness (QED) is 0.802. The molecular formula is C13H18ClN5O. The third-order valence-electron chi connectivity index (χ3n) is 2.89. The first kappa shape index (κ1) is 14.6. The number of aromatic amines is 1. The summed E-state index contributed by atoms with van der Waals surface area (Å²) in [6.07, 6.45) is 6.85. The van der Waals surface area contributed by atoms with Crippen molar-refractivity contribution in [1.29, 1.82) is 0 Å². The van der Waals surface area contributed by atoms with Crippen LogP contribution in [0.25, 0.3) is 0 Å². The van der Waals surface area contributed by atoms with Crippen molar-refractivity contribution in [1.82, 2.24) is 19.7 Å². The minimum Gasteiger partial charge on any atom is -0.382 e. The molecule has 0 radical (unpaired) electrons. The summed E-state index contributed by atoms with van der Waals surface area (Å²) in [5.41, 5.74) is 0.311. The maximum absolute atomic E-state index is 12.0. The molecule has 0 spiro atoms. The number of hydrogen-bond acceptors (Lipinski definition) is 4. The molecule has 108 valence electrons. The number of rotatable bonds is 6. The number of halogens is 1. The first-order valence-electron chi connectivity index (χ1n) is 6.59. The topological polar surface area (TPSA) is 75.6 Å². The first-order valence-corrected chi connectivity index (χ1v) is 6.97. The Morgan fingerprint density at radius 2 is 2.30 bits per heavy atom. The van der Waals surface area contributed by atoms with E-state index in [1.54, 1.807) is 18.6 Å². The van der Waals surface area contributed by atoms with Gasteiger partial charge in [0.05, 0.1) is 17.9 Å². The van der Waals surface area contributed by atoms with Crippen molar-refractivity contribution in [2.24, 2.45) is 0 Å². The summed E-state index contributed by atoms with van der Waals surface area (Å²) >= 11 is 6.07. The lowest BCUT2D eigenvalue weighted by molar-refractivity contribution is 0.503. The molecule has 0 saturated heterocycles. The van der Waals surface area contributed by atoms with Gasteiger partial charge in [0.2, 0.25) is 0 Å². The van der Waals surface area contributed by atoms with Crippen molar-refractivity contribution < 1.29 is 0 Å². The Bertz CT molecular complexity index is 606. The summed E-state index contributed by atoms with van der Waals surface area (Å²) in [6, 6.07) is -0.00648. The Kier molecular flexibility index (Phi) is 4.79. The van der Waals surface area contributed by atoms with Crippen molar-refractivity contribution >= 4 is 17.3 Å². The predicted octanol–water partition coefficient (Wildman–Crippen LogP) is 2.25. The third-order valence-corrected chi connectivity index (χ3v) is 3.26. The molecule has 6 nitrogen and oxygen atoms in total. The monoisotopic (exact) mass is 295 g/mol. The molecule has 7 heteroatoms. The van der Waals surface area contributed by atoms with Crippen LogP contribution < -0.4 is 10.9 Å². The largest absolute Gasteiger partial charge is 0.382 e. The minimum atomic E-state index is -0.266. The van der Waals surface area contributed by atoms with Gasteiger partial charge in [-0.25, -0.2) is 9.67 Å². The number of aromatic nitrogens is 4. The molecule has 2 rings (SSSR count). The number of imidazole rings is 1. The number of hydrogen-bond donors (Lipinski definition) is 2. The van der Waals surface area contributed by atoms with Gasteiger partial charge in [0, 0.05) is 25.4 Å². The number of aryl methyl sites for hydroxylation is 1. The average molecular weight is 296 g/mol. The lowest BCUT2D eigenvalue weighted by atomic mass is 10.3. The van der Waals surface area contributed by atoms with Crippen LogP contribution in [0.15, 0.2) is 23.4 Å². The van der Waals surface area contributed by atoms with E-state index in [9.17, 15) is 4.79 Å². The molecule has 0 bridgehead atoms. The molecule has 0 aliphatic heterocycles. The summed E-state index contributed by atoms with van der Waals surface area (Å²) in [7, 11) is 0. The molecule has 0 amide bonds. The highest BCUT2D eigenvalue weighted by Gasteiger charge is 2.10. The lowest BCUT2D eigenvalue weighted by Gasteiger charge is -2.12. The van der Waals surface area contributed by atoms with Gasteiger partial charge in [-0.2, -0.15) is 5.10 Å². The molecule has 2 heterocycles. The van der Waals surface area contributed by atoms with E-state index in [1.165, 1.54) is 4.68 Å². The van der Waals surface area contributed by atoms with Gasteiger partial charge in [0.15, 0.2) is 0 Å². The second-order valence-electron chi connectivity index (χ2n) is 4.78. The fraction of sp³-hybridized carbons (Fsp3) is 0.462. The fourth-order valence-electron chi connectivity index (χ4n) is 1.85. The van der Waals surface area contributed by atoms with Crippen LogP contribution in [-0.4, -0.2) is 26.3 Å². The Labute approximate surface area is 122 Å². The van der Waals surface area contributed by atoms with Gasteiger partial charge in [0.1, 0.15) is 10.8 Å². The first-order chi connectivity index (χ1) is 9.59. The van der Waals surface area contributed by atoms with Gasteiger partial charge >= 0.3 is 0 Å². The van der Waals surface area contributed by atoms with Crippen LogP contribution in [0.4, 0.5) is 5.69 Å². The maximum atomic E-state index is 12.0. The molecule has 20 heavy (non-hydrogen) atoms. The Morgan fingerprint density at radius 3 is 2.95 bits per heavy atom. The number of anilines is 1. The van der Waals surface area contributed by atoms with E-state index in [1.807, 2.05) is 13.8 Å². The maximum Gasteiger partial charge on any atom is 0.287 e. The van der Waals surface area contributed by atoms with Crippen molar-refractivity contribution in [2.45, 2.75) is 32.7 Å². The van der Waals surface area contributed by atoms with Crippen molar-refractivity contribution in [3.63, 3.8) is 0 Å². The van der Waals surface area contributed by atoms with Gasteiger partial charge in [-0.3, -0.25) is 4.79 Å². The average Bonchev–Trinajstić information content (AvgIpc) is 2.92. The molecule has 0 unspecified atom stereocenters. The number of nitrogens with one attached hydrogen (secondary N) is 2. The molecule has 0 aliphatic carbocycles. The van der Waals surface area contributed by atoms with Gasteiger partial charge in [-0.15, -0.1) is 0 Å². The molecule has 2 N–H and O–H groups in total. The van der Waals surface area contributed by atoms with Crippen LogP contribution in [-0.2, 0) is 6.42 Å². The molecular weight excluding hydrogens is 278 g/mol. The van der Waals surface area contributed by atoms with E-state index in [-0.39, 0.29) is 16.6 Å². The highest BCUT2D eigenvalue weighted by atomic mass is 35.5. The summed E-state index contributed by atoms with van der Waals surface area (Å²) in [4.78, 5) is 19.2. The fourth-order valence-corrected chi connectivity index (χ4v) is 2.05. The lowest BCUT2D eigenvalue weighted by Crippen LogP contribution is -2.25. The second kappa shape index (κ2) is 6.56.